The maximum Gasteiger partial charge on any atom is 0.359 e. The number of carbonyl (C=O) groups excluding carboxylic acids is 1. The molecule has 1 fully saturated rings. The van der Waals surface area contributed by atoms with E-state index in [1.807, 2.05) is 16.8 Å². The molecule has 2 N–H and O–H groups in total. The van der Waals surface area contributed by atoms with Gasteiger partial charge in [-0.15, -0.1) is 0 Å². The maximum absolute atomic E-state index is 13.0. The van der Waals surface area contributed by atoms with Crippen molar-refractivity contribution >= 4 is 15.8 Å². The van der Waals surface area contributed by atoms with Crippen molar-refractivity contribution in [3.8, 4) is 11.3 Å². The van der Waals surface area contributed by atoms with Crippen molar-refractivity contribution in [2.75, 3.05) is 13.2 Å². The molecule has 0 amide bonds. The number of ether oxygens (including phenoxy) is 1. The van der Waals surface area contributed by atoms with Crippen LogP contribution in [0.4, 0.5) is 0 Å². The number of benzene rings is 1. The molecule has 2 aliphatic rings. The van der Waals surface area contributed by atoms with Crippen molar-refractivity contribution in [3.63, 3.8) is 0 Å². The van der Waals surface area contributed by atoms with Gasteiger partial charge in [-0.05, 0) is 44.7 Å². The Morgan fingerprint density at radius 1 is 1.18 bits per heavy atom. The summed E-state index contributed by atoms with van der Waals surface area (Å²) in [5.41, 5.74) is 7.65. The van der Waals surface area contributed by atoms with Crippen molar-refractivity contribution in [2.45, 2.75) is 81.4 Å². The van der Waals surface area contributed by atoms with Gasteiger partial charge in [0.15, 0.2) is 15.5 Å². The molecule has 0 bridgehead atoms. The molecular formula is C25H35N3O4S. The third kappa shape index (κ3) is 5.01. The highest BCUT2D eigenvalue weighted by Crippen LogP contribution is 2.44. The number of esters is 1. The fourth-order valence-corrected chi connectivity index (χ4v) is 6.99. The Balaban J connectivity index is 1.66. The fraction of sp³-hybridized carbons (Fsp3) is 0.600. The molecule has 0 radical (unpaired) electrons. The molecule has 2 unspecified atom stereocenters. The molecule has 7 nitrogen and oxygen atoms in total. The molecule has 1 aliphatic carbocycles. The second kappa shape index (κ2) is 10.4. The van der Waals surface area contributed by atoms with Crippen LogP contribution in [0.2, 0.25) is 0 Å². The summed E-state index contributed by atoms with van der Waals surface area (Å²) in [5, 5.41) is 4.72. The summed E-state index contributed by atoms with van der Waals surface area (Å²) in [5.74, 6) is -0.144. The average Bonchev–Trinajstić information content (AvgIpc) is 3.18. The van der Waals surface area contributed by atoms with Crippen LogP contribution in [0, 0.1) is 5.92 Å². The number of hydrogen-bond acceptors (Lipinski definition) is 6. The molecule has 0 spiro atoms. The van der Waals surface area contributed by atoms with E-state index in [9.17, 15) is 13.2 Å². The van der Waals surface area contributed by atoms with Crippen molar-refractivity contribution in [2.24, 2.45) is 11.7 Å². The fourth-order valence-electron chi connectivity index (χ4n) is 5.40. The third-order valence-corrected chi connectivity index (χ3v) is 8.65. The van der Waals surface area contributed by atoms with Crippen LogP contribution in [0.1, 0.15) is 86.8 Å². The Kier molecular flexibility index (Phi) is 7.54. The zero-order chi connectivity index (χ0) is 23.4. The molecule has 2 atom stereocenters. The number of rotatable bonds is 9. The Hall–Kier alpha value is -2.19. The monoisotopic (exact) mass is 473 g/mol. The minimum atomic E-state index is -3.54. The van der Waals surface area contributed by atoms with Gasteiger partial charge >= 0.3 is 5.97 Å². The normalized spacial score (nSPS) is 21.3. The van der Waals surface area contributed by atoms with E-state index in [0.717, 1.165) is 37.9 Å². The van der Waals surface area contributed by atoms with E-state index >= 15 is 0 Å². The molecule has 1 saturated carbocycles. The van der Waals surface area contributed by atoms with Gasteiger partial charge in [0.05, 0.1) is 29.0 Å². The Labute approximate surface area is 196 Å². The molecule has 1 aliphatic heterocycles. The number of nitrogens with zero attached hydrogens (tertiary/aromatic N) is 2. The van der Waals surface area contributed by atoms with Gasteiger partial charge in [-0.2, -0.15) is 5.10 Å². The van der Waals surface area contributed by atoms with E-state index < -0.39 is 15.8 Å². The first-order chi connectivity index (χ1) is 16.0. The Bertz CT molecular complexity index is 1090. The number of sulfone groups is 1. The third-order valence-electron chi connectivity index (χ3n) is 6.96. The molecule has 8 heteroatoms. The summed E-state index contributed by atoms with van der Waals surface area (Å²) in [4.78, 5) is 13.0. The smallest absolute Gasteiger partial charge is 0.359 e. The van der Waals surface area contributed by atoms with Crippen LogP contribution in [-0.2, 0) is 20.3 Å². The second-order valence-corrected chi connectivity index (χ2v) is 11.2. The van der Waals surface area contributed by atoms with Crippen LogP contribution in [0.3, 0.4) is 0 Å². The lowest BCUT2D eigenvalue weighted by Crippen LogP contribution is -2.22. The van der Waals surface area contributed by atoms with Crippen LogP contribution in [0.15, 0.2) is 29.2 Å². The molecule has 1 aromatic carbocycles. The molecular weight excluding hydrogens is 438 g/mol. The minimum absolute atomic E-state index is 0.147. The van der Waals surface area contributed by atoms with Crippen LogP contribution in [0.25, 0.3) is 11.3 Å². The number of nitrogens with two attached hydrogens (primary N) is 1. The number of aromatic nitrogens is 2. The lowest BCUT2D eigenvalue weighted by molar-refractivity contribution is 0.0516. The van der Waals surface area contributed by atoms with Crippen molar-refractivity contribution in [3.05, 3.63) is 35.5 Å². The maximum atomic E-state index is 13.0. The molecule has 2 heterocycles. The van der Waals surface area contributed by atoms with Gasteiger partial charge in [-0.3, -0.25) is 4.68 Å². The molecule has 2 aromatic rings. The summed E-state index contributed by atoms with van der Waals surface area (Å²) in [6.45, 7) is 2.72. The lowest BCUT2D eigenvalue weighted by atomic mass is 9.82. The number of unbranched alkanes of at least 4 members (excludes halogenated alkanes) is 3. The largest absolute Gasteiger partial charge is 0.461 e. The first kappa shape index (κ1) is 24.0. The average molecular weight is 474 g/mol. The van der Waals surface area contributed by atoms with Gasteiger partial charge in [0.1, 0.15) is 0 Å². The highest BCUT2D eigenvalue weighted by molar-refractivity contribution is 7.90. The standard InChI is InChI=1S/C25H35N3O4S/c1-2-32-25(29)23-21-17-33(30,31)22-14-7-6-13-20(22)24(21)28(27-23)19-12-9-11-18(16-19)10-5-3-4-8-15-26/h6-7,13-14,18-19H,2-5,8-12,15-17,26H2,1H3. The van der Waals surface area contributed by atoms with Crippen LogP contribution < -0.4 is 5.73 Å². The Morgan fingerprint density at radius 3 is 2.76 bits per heavy atom. The van der Waals surface area contributed by atoms with Crippen LogP contribution >= 0.6 is 0 Å². The molecule has 1 aromatic heterocycles. The number of carbonyl (C=O) groups is 1. The summed E-state index contributed by atoms with van der Waals surface area (Å²) in [6, 6.07) is 7.22. The van der Waals surface area contributed by atoms with Gasteiger partial charge < -0.3 is 10.5 Å². The predicted molar refractivity (Wildman–Crippen MR) is 128 cm³/mol. The van der Waals surface area contributed by atoms with Crippen LogP contribution in [0.5, 0.6) is 0 Å². The lowest BCUT2D eigenvalue weighted by Gasteiger charge is -2.31. The zero-order valence-electron chi connectivity index (χ0n) is 19.5. The topological polar surface area (TPSA) is 104 Å². The Morgan fingerprint density at radius 2 is 1.97 bits per heavy atom. The van der Waals surface area contributed by atoms with Gasteiger partial charge in [-0.1, -0.05) is 56.7 Å². The van der Waals surface area contributed by atoms with E-state index in [-0.39, 0.29) is 24.1 Å². The van der Waals surface area contributed by atoms with Crippen molar-refractivity contribution < 1.29 is 17.9 Å². The summed E-state index contributed by atoms with van der Waals surface area (Å²) in [7, 11) is -3.54. The van der Waals surface area contributed by atoms with Gasteiger partial charge in [-0.25, -0.2) is 13.2 Å². The van der Waals surface area contributed by atoms with Crippen LogP contribution in [-0.4, -0.2) is 37.3 Å². The zero-order valence-corrected chi connectivity index (χ0v) is 20.3. The van der Waals surface area contributed by atoms with Crippen molar-refractivity contribution in [1.29, 1.82) is 0 Å². The minimum Gasteiger partial charge on any atom is -0.461 e. The first-order valence-corrected chi connectivity index (χ1v) is 13.9. The number of hydrogen-bond donors (Lipinski definition) is 1. The quantitative estimate of drug-likeness (QED) is 0.420. The molecule has 4 rings (SSSR count). The van der Waals surface area contributed by atoms with Gasteiger partial charge in [0, 0.05) is 11.1 Å². The molecule has 0 saturated heterocycles. The summed E-state index contributed by atoms with van der Waals surface area (Å²) in [6.07, 6.45) is 10.2. The SMILES string of the molecule is CCOC(=O)c1nn(C2CCCC(CCCCCCN)C2)c2c1CS(=O)(=O)c1ccccc1-2. The van der Waals surface area contributed by atoms with Gasteiger partial charge in [0.2, 0.25) is 0 Å². The van der Waals surface area contributed by atoms with Crippen molar-refractivity contribution in [1.82, 2.24) is 9.78 Å². The van der Waals surface area contributed by atoms with Gasteiger partial charge in [0.25, 0.3) is 0 Å². The highest BCUT2D eigenvalue weighted by atomic mass is 32.2. The second-order valence-electron chi connectivity index (χ2n) is 9.27. The highest BCUT2D eigenvalue weighted by Gasteiger charge is 2.38. The van der Waals surface area contributed by atoms with E-state index in [4.69, 9.17) is 15.6 Å². The van der Waals surface area contributed by atoms with E-state index in [1.54, 1.807) is 19.1 Å². The summed E-state index contributed by atoms with van der Waals surface area (Å²) >= 11 is 0. The van der Waals surface area contributed by atoms with E-state index in [2.05, 4.69) is 0 Å². The molecule has 33 heavy (non-hydrogen) atoms. The van der Waals surface area contributed by atoms with E-state index in [0.29, 0.717) is 21.9 Å². The van der Waals surface area contributed by atoms with E-state index in [1.165, 1.54) is 32.1 Å². The number of fused-ring (bicyclic) bond motifs is 3. The predicted octanol–water partition coefficient (Wildman–Crippen LogP) is 4.65. The summed E-state index contributed by atoms with van der Waals surface area (Å²) < 4.78 is 33.2. The first-order valence-electron chi connectivity index (χ1n) is 12.3. The molecule has 180 valence electrons.